The quantitative estimate of drug-likeness (QED) is 0.833. The molecule has 94 valence electrons. The first-order valence-electron chi connectivity index (χ1n) is 5.56. The SMILES string of the molecule is Cc1ncsc1-c1ccc(C(C)NC=O)c(O)c1. The number of aromatic hydroxyl groups is 1. The number of aryl methyl sites for hydroxylation is 1. The second kappa shape index (κ2) is 5.18. The molecule has 0 aliphatic heterocycles. The molecule has 0 saturated heterocycles. The second-order valence-corrected chi connectivity index (χ2v) is 4.90. The highest BCUT2D eigenvalue weighted by Crippen LogP contribution is 2.33. The van der Waals surface area contributed by atoms with Crippen molar-refractivity contribution in [3.05, 3.63) is 35.0 Å². The van der Waals surface area contributed by atoms with Gasteiger partial charge in [0.25, 0.3) is 0 Å². The summed E-state index contributed by atoms with van der Waals surface area (Å²) < 4.78 is 0. The van der Waals surface area contributed by atoms with Crippen LogP contribution in [0.2, 0.25) is 0 Å². The maximum absolute atomic E-state index is 10.4. The molecule has 2 N–H and O–H groups in total. The van der Waals surface area contributed by atoms with Crippen molar-refractivity contribution >= 4 is 17.7 Å². The van der Waals surface area contributed by atoms with Gasteiger partial charge in [-0.25, -0.2) is 4.98 Å². The van der Waals surface area contributed by atoms with Crippen LogP contribution in [0.1, 0.15) is 24.2 Å². The number of phenolic OH excluding ortho intramolecular Hbond substituents is 1. The summed E-state index contributed by atoms with van der Waals surface area (Å²) in [4.78, 5) is 15.6. The lowest BCUT2D eigenvalue weighted by Gasteiger charge is -2.13. The molecule has 0 fully saturated rings. The van der Waals surface area contributed by atoms with Gasteiger partial charge in [-0.3, -0.25) is 4.79 Å². The highest BCUT2D eigenvalue weighted by Gasteiger charge is 2.12. The molecule has 1 aromatic carbocycles. The van der Waals surface area contributed by atoms with Crippen LogP contribution < -0.4 is 5.32 Å². The first-order valence-corrected chi connectivity index (χ1v) is 6.44. The fourth-order valence-electron chi connectivity index (χ4n) is 1.82. The summed E-state index contributed by atoms with van der Waals surface area (Å²) in [7, 11) is 0. The summed E-state index contributed by atoms with van der Waals surface area (Å²) in [6.45, 7) is 3.76. The van der Waals surface area contributed by atoms with Gasteiger partial charge in [-0.05, 0) is 25.5 Å². The van der Waals surface area contributed by atoms with Gasteiger partial charge in [0.1, 0.15) is 5.75 Å². The van der Waals surface area contributed by atoms with Crippen LogP contribution in [-0.2, 0) is 4.79 Å². The molecule has 0 radical (unpaired) electrons. The standard InChI is InChI=1S/C13H14N2O2S/c1-8(14-6-16)11-4-3-10(5-12(11)17)13-9(2)15-7-18-13/h3-8,17H,1-2H3,(H,14,16). The molecule has 0 aliphatic carbocycles. The summed E-state index contributed by atoms with van der Waals surface area (Å²) in [5.74, 6) is 0.183. The predicted octanol–water partition coefficient (Wildman–Crippen LogP) is 2.63. The zero-order valence-corrected chi connectivity index (χ0v) is 11.0. The van der Waals surface area contributed by atoms with E-state index in [1.54, 1.807) is 22.9 Å². The Hall–Kier alpha value is -1.88. The average Bonchev–Trinajstić information content (AvgIpc) is 2.75. The van der Waals surface area contributed by atoms with Crippen LogP contribution in [0, 0.1) is 6.92 Å². The number of carbonyl (C=O) groups excluding carboxylic acids is 1. The second-order valence-electron chi connectivity index (χ2n) is 4.05. The van der Waals surface area contributed by atoms with Crippen molar-refractivity contribution in [3.8, 4) is 16.2 Å². The van der Waals surface area contributed by atoms with E-state index in [4.69, 9.17) is 0 Å². The summed E-state index contributed by atoms with van der Waals surface area (Å²) in [5, 5.41) is 12.6. The first kappa shape index (κ1) is 12.6. The number of benzene rings is 1. The molecule has 1 aromatic heterocycles. The number of hydrogen-bond donors (Lipinski definition) is 2. The number of nitrogens with one attached hydrogen (secondary N) is 1. The fraction of sp³-hybridized carbons (Fsp3) is 0.231. The zero-order chi connectivity index (χ0) is 13.1. The third kappa shape index (κ3) is 2.36. The lowest BCUT2D eigenvalue weighted by Crippen LogP contribution is -2.16. The Balaban J connectivity index is 2.36. The van der Waals surface area contributed by atoms with Gasteiger partial charge in [0.2, 0.25) is 6.41 Å². The smallest absolute Gasteiger partial charge is 0.207 e. The number of nitrogens with zero attached hydrogens (tertiary/aromatic N) is 1. The minimum atomic E-state index is -0.209. The molecule has 0 bridgehead atoms. The van der Waals surface area contributed by atoms with E-state index < -0.39 is 0 Å². The summed E-state index contributed by atoms with van der Waals surface area (Å²) in [5.41, 5.74) is 4.38. The average molecular weight is 262 g/mol. The van der Waals surface area contributed by atoms with Crippen molar-refractivity contribution < 1.29 is 9.90 Å². The normalized spacial score (nSPS) is 12.1. The molecular formula is C13H14N2O2S. The summed E-state index contributed by atoms with van der Waals surface area (Å²) >= 11 is 1.54. The minimum Gasteiger partial charge on any atom is -0.508 e. The number of thiazole rings is 1. The fourth-order valence-corrected chi connectivity index (χ4v) is 2.62. The molecule has 1 heterocycles. The van der Waals surface area contributed by atoms with E-state index in [1.807, 2.05) is 26.0 Å². The van der Waals surface area contributed by atoms with Crippen molar-refractivity contribution in [3.63, 3.8) is 0 Å². The van der Waals surface area contributed by atoms with Crippen molar-refractivity contribution in [2.75, 3.05) is 0 Å². The molecule has 4 nitrogen and oxygen atoms in total. The maximum Gasteiger partial charge on any atom is 0.207 e. The molecule has 1 unspecified atom stereocenters. The van der Waals surface area contributed by atoms with Crippen LogP contribution in [0.25, 0.3) is 10.4 Å². The van der Waals surface area contributed by atoms with E-state index in [-0.39, 0.29) is 11.8 Å². The Bertz CT molecular complexity index is 566. The van der Waals surface area contributed by atoms with Crippen LogP contribution in [0.5, 0.6) is 5.75 Å². The number of carbonyl (C=O) groups is 1. The van der Waals surface area contributed by atoms with Crippen molar-refractivity contribution in [1.82, 2.24) is 10.3 Å². The van der Waals surface area contributed by atoms with Crippen LogP contribution in [0.15, 0.2) is 23.7 Å². The lowest BCUT2D eigenvalue weighted by atomic mass is 10.0. The van der Waals surface area contributed by atoms with Gasteiger partial charge in [0.15, 0.2) is 0 Å². The minimum absolute atomic E-state index is 0.183. The van der Waals surface area contributed by atoms with Gasteiger partial charge in [0.05, 0.1) is 22.1 Å². The zero-order valence-electron chi connectivity index (χ0n) is 10.2. The molecule has 2 aromatic rings. The lowest BCUT2D eigenvalue weighted by molar-refractivity contribution is -0.110. The van der Waals surface area contributed by atoms with Gasteiger partial charge in [-0.1, -0.05) is 12.1 Å². The Kier molecular flexibility index (Phi) is 3.62. The molecule has 18 heavy (non-hydrogen) atoms. The highest BCUT2D eigenvalue weighted by molar-refractivity contribution is 7.13. The van der Waals surface area contributed by atoms with Crippen molar-refractivity contribution in [1.29, 1.82) is 0 Å². The van der Waals surface area contributed by atoms with Gasteiger partial charge in [0, 0.05) is 5.56 Å². The third-order valence-electron chi connectivity index (χ3n) is 2.82. The monoisotopic (exact) mass is 262 g/mol. The molecule has 1 atom stereocenters. The van der Waals surface area contributed by atoms with E-state index >= 15 is 0 Å². The molecular weight excluding hydrogens is 248 g/mol. The number of aromatic nitrogens is 1. The van der Waals surface area contributed by atoms with Gasteiger partial charge >= 0.3 is 0 Å². The van der Waals surface area contributed by atoms with E-state index in [1.165, 1.54) is 0 Å². The largest absolute Gasteiger partial charge is 0.508 e. The molecule has 1 amide bonds. The van der Waals surface area contributed by atoms with Crippen molar-refractivity contribution in [2.24, 2.45) is 0 Å². The molecule has 2 rings (SSSR count). The van der Waals surface area contributed by atoms with Gasteiger partial charge < -0.3 is 10.4 Å². The molecule has 0 spiro atoms. The van der Waals surface area contributed by atoms with Crippen LogP contribution in [-0.4, -0.2) is 16.5 Å². The van der Waals surface area contributed by atoms with E-state index in [2.05, 4.69) is 10.3 Å². The molecule has 0 saturated carbocycles. The van der Waals surface area contributed by atoms with Gasteiger partial charge in [-0.2, -0.15) is 0 Å². The van der Waals surface area contributed by atoms with E-state index in [0.29, 0.717) is 12.0 Å². The van der Waals surface area contributed by atoms with E-state index in [0.717, 1.165) is 16.1 Å². The van der Waals surface area contributed by atoms with Crippen LogP contribution in [0.3, 0.4) is 0 Å². The number of amides is 1. The summed E-state index contributed by atoms with van der Waals surface area (Å²) in [6, 6.07) is 5.25. The number of phenols is 1. The maximum atomic E-state index is 10.4. The van der Waals surface area contributed by atoms with Crippen LogP contribution >= 0.6 is 11.3 Å². The first-order chi connectivity index (χ1) is 8.63. The van der Waals surface area contributed by atoms with E-state index in [9.17, 15) is 9.90 Å². The summed E-state index contributed by atoms with van der Waals surface area (Å²) in [6.07, 6.45) is 0.630. The molecule has 5 heteroatoms. The Labute approximate surface area is 109 Å². The number of rotatable bonds is 4. The Morgan fingerprint density at radius 1 is 1.50 bits per heavy atom. The highest BCUT2D eigenvalue weighted by atomic mass is 32.1. The topological polar surface area (TPSA) is 62.2 Å². The van der Waals surface area contributed by atoms with Crippen LogP contribution in [0.4, 0.5) is 0 Å². The molecule has 0 aliphatic rings. The predicted molar refractivity (Wildman–Crippen MR) is 71.6 cm³/mol. The Morgan fingerprint density at radius 2 is 2.28 bits per heavy atom. The number of hydrogen-bond acceptors (Lipinski definition) is 4. The van der Waals surface area contributed by atoms with Gasteiger partial charge in [-0.15, -0.1) is 11.3 Å². The third-order valence-corrected chi connectivity index (χ3v) is 3.80. The van der Waals surface area contributed by atoms with Crippen molar-refractivity contribution in [2.45, 2.75) is 19.9 Å². The Morgan fingerprint density at radius 3 is 2.83 bits per heavy atom.